The van der Waals surface area contributed by atoms with Crippen molar-refractivity contribution in [2.24, 2.45) is 11.8 Å². The number of carbonyl (C=O) groups is 1. The van der Waals surface area contributed by atoms with Gasteiger partial charge in [0.15, 0.2) is 0 Å². The Balaban J connectivity index is 0.00000420. The maximum atomic E-state index is 14.0. The summed E-state index contributed by atoms with van der Waals surface area (Å²) in [7, 11) is 0. The van der Waals surface area contributed by atoms with Crippen molar-refractivity contribution in [3.8, 4) is 11.1 Å². The fourth-order valence-electron chi connectivity index (χ4n) is 3.50. The van der Waals surface area contributed by atoms with Gasteiger partial charge in [0.25, 0.3) is 6.92 Å². The lowest BCUT2D eigenvalue weighted by molar-refractivity contribution is -0.150. The van der Waals surface area contributed by atoms with Gasteiger partial charge < -0.3 is 14.9 Å². The number of esters is 1. The first kappa shape index (κ1) is 28.5. The van der Waals surface area contributed by atoms with Crippen molar-refractivity contribution in [3.63, 3.8) is 0 Å². The van der Waals surface area contributed by atoms with E-state index < -0.39 is 18.8 Å². The minimum atomic E-state index is -0.596. The van der Waals surface area contributed by atoms with Gasteiger partial charge in [0.2, 0.25) is 0 Å². The van der Waals surface area contributed by atoms with Gasteiger partial charge in [-0.25, -0.2) is 4.39 Å². The molecule has 0 aliphatic carbocycles. The van der Waals surface area contributed by atoms with Gasteiger partial charge in [0.05, 0.1) is 19.1 Å². The summed E-state index contributed by atoms with van der Waals surface area (Å²) in [5, 5.41) is 19.4. The molecule has 2 N–H and O–H groups in total. The molecule has 0 fully saturated rings. The van der Waals surface area contributed by atoms with Crippen molar-refractivity contribution in [3.05, 3.63) is 59.9 Å². The summed E-state index contributed by atoms with van der Waals surface area (Å²) < 4.78 is 19.0. The summed E-state index contributed by atoms with van der Waals surface area (Å²) in [5.74, 6) is -1.25. The van der Waals surface area contributed by atoms with Gasteiger partial charge in [-0.05, 0) is 49.2 Å². The van der Waals surface area contributed by atoms with Crippen LogP contribution in [-0.2, 0) is 16.0 Å². The molecule has 0 saturated heterocycles. The number of halogens is 1. The van der Waals surface area contributed by atoms with Crippen LogP contribution in [0.2, 0.25) is 13.1 Å². The average molecular weight is 454 g/mol. The number of aliphatic hydroxyl groups is 1. The Morgan fingerprint density at radius 1 is 1.13 bits per heavy atom. The third-order valence-electron chi connectivity index (χ3n) is 4.80. The van der Waals surface area contributed by atoms with Crippen molar-refractivity contribution < 1.29 is 24.1 Å². The Labute approximate surface area is 192 Å². The fourth-order valence-corrected chi connectivity index (χ4v) is 3.50. The molecule has 8 heteroatoms. The second-order valence-corrected chi connectivity index (χ2v) is 7.20. The largest absolute Gasteiger partial charge is 0.466 e. The highest BCUT2D eigenvalue weighted by atomic mass is 32.1. The molecule has 30 heavy (non-hydrogen) atoms. The Morgan fingerprint density at radius 2 is 1.77 bits per heavy atom. The van der Waals surface area contributed by atoms with Crippen LogP contribution in [0, 0.1) is 17.7 Å². The van der Waals surface area contributed by atoms with Gasteiger partial charge in [-0.1, -0.05) is 49.3 Å². The van der Waals surface area contributed by atoms with E-state index in [2.05, 4.69) is 0 Å². The molecule has 4 nitrogen and oxygen atoms in total. The van der Waals surface area contributed by atoms with E-state index in [9.17, 15) is 19.3 Å². The summed E-state index contributed by atoms with van der Waals surface area (Å²) in [4.78, 5) is 12.0. The second-order valence-electron chi connectivity index (χ2n) is 7.20. The van der Waals surface area contributed by atoms with Gasteiger partial charge in [-0.2, -0.15) is 27.0 Å². The molecule has 2 aromatic carbocycles. The maximum Gasteiger partial charge on any atom is 0.311 e. The molecule has 0 amide bonds. The average Bonchev–Trinajstić information content (AvgIpc) is 2.67. The van der Waals surface area contributed by atoms with Crippen molar-refractivity contribution in [1.82, 2.24) is 0 Å². The zero-order chi connectivity index (χ0) is 20.5. The highest BCUT2D eigenvalue weighted by molar-refractivity contribution is 7.59. The number of benzene rings is 2. The molecule has 0 spiro atoms. The second kappa shape index (κ2) is 14.5. The van der Waals surface area contributed by atoms with Crippen molar-refractivity contribution >= 4 is 39.9 Å². The van der Waals surface area contributed by atoms with Crippen LogP contribution in [0.15, 0.2) is 48.5 Å². The van der Waals surface area contributed by atoms with Gasteiger partial charge in [0, 0.05) is 5.56 Å². The molecule has 0 bridgehead atoms. The topological polar surface area (TPSA) is 66.8 Å². The first-order valence-electron chi connectivity index (χ1n) is 9.74. The smallest absolute Gasteiger partial charge is 0.311 e. The van der Waals surface area contributed by atoms with Crippen LogP contribution in [0.1, 0.15) is 18.9 Å². The first-order chi connectivity index (χ1) is 13.4. The van der Waals surface area contributed by atoms with Gasteiger partial charge in [0.1, 0.15) is 5.82 Å². The SMILES string of the molecule is CCOC(=O)[C@H](CO)C[C@H](CB(C)O)Cc1ccc(-c2ccccc2F)cc1.S.S. The molecule has 0 heterocycles. The lowest BCUT2D eigenvalue weighted by Crippen LogP contribution is -2.26. The minimum absolute atomic E-state index is 0. The number of hydrogen-bond acceptors (Lipinski definition) is 4. The molecule has 2 aromatic rings. The van der Waals surface area contributed by atoms with Gasteiger partial charge in [-0.15, -0.1) is 0 Å². The van der Waals surface area contributed by atoms with E-state index in [1.807, 2.05) is 24.3 Å². The van der Waals surface area contributed by atoms with Crippen LogP contribution >= 0.6 is 27.0 Å². The Hall–Kier alpha value is -1.48. The van der Waals surface area contributed by atoms with Gasteiger partial charge in [-0.3, -0.25) is 4.79 Å². The summed E-state index contributed by atoms with van der Waals surface area (Å²) in [6.07, 6.45) is 1.61. The lowest BCUT2D eigenvalue weighted by atomic mass is 9.62. The minimum Gasteiger partial charge on any atom is -0.466 e. The standard InChI is InChI=1S/C22H28BFO4.2H2S/c1-3-28-22(26)19(15-25)13-17(14-23(2)27)12-16-8-10-18(11-9-16)20-6-4-5-7-21(20)24;;/h4-11,17,19,25,27H,3,12-15H2,1-2H3;2*1H2/t17-,19+;;/m1../s1. The predicted molar refractivity (Wildman–Crippen MR) is 130 cm³/mol. The predicted octanol–water partition coefficient (Wildman–Crippen LogP) is 4.05. The van der Waals surface area contributed by atoms with E-state index >= 15 is 0 Å². The Bertz CT molecular complexity index is 759. The first-order valence-corrected chi connectivity index (χ1v) is 9.74. The van der Waals surface area contributed by atoms with Crippen molar-refractivity contribution in [2.75, 3.05) is 13.2 Å². The zero-order valence-electron chi connectivity index (χ0n) is 17.5. The van der Waals surface area contributed by atoms with Crippen LogP contribution < -0.4 is 0 Å². The van der Waals surface area contributed by atoms with E-state index in [0.717, 1.165) is 11.1 Å². The third-order valence-corrected chi connectivity index (χ3v) is 4.80. The highest BCUT2D eigenvalue weighted by Gasteiger charge is 2.25. The Morgan fingerprint density at radius 3 is 2.30 bits per heavy atom. The molecule has 0 aliphatic heterocycles. The molecule has 0 unspecified atom stereocenters. The van der Waals surface area contributed by atoms with E-state index in [0.29, 0.717) is 24.7 Å². The molecular formula is C22H32BFO4S2. The van der Waals surface area contributed by atoms with Crippen LogP contribution in [0.25, 0.3) is 11.1 Å². The summed E-state index contributed by atoms with van der Waals surface area (Å²) in [6, 6.07) is 14.3. The summed E-state index contributed by atoms with van der Waals surface area (Å²) in [6.45, 7) is 2.93. The van der Waals surface area contributed by atoms with Crippen molar-refractivity contribution in [2.45, 2.75) is 32.9 Å². The lowest BCUT2D eigenvalue weighted by Gasteiger charge is -2.22. The van der Waals surface area contributed by atoms with Crippen LogP contribution in [0.3, 0.4) is 0 Å². The van der Waals surface area contributed by atoms with E-state index in [4.69, 9.17) is 4.74 Å². The summed E-state index contributed by atoms with van der Waals surface area (Å²) >= 11 is 0. The molecule has 0 aromatic heterocycles. The molecule has 2 atom stereocenters. The van der Waals surface area contributed by atoms with Crippen LogP contribution in [0.5, 0.6) is 0 Å². The molecule has 2 rings (SSSR count). The maximum absolute atomic E-state index is 14.0. The van der Waals surface area contributed by atoms with Crippen LogP contribution in [-0.4, -0.2) is 36.2 Å². The van der Waals surface area contributed by atoms with Crippen LogP contribution in [0.4, 0.5) is 4.39 Å². The molecule has 0 radical (unpaired) electrons. The monoisotopic (exact) mass is 454 g/mol. The number of ether oxygens (including phenoxy) is 1. The number of carbonyl (C=O) groups excluding carboxylic acids is 1. The number of rotatable bonds is 10. The third kappa shape index (κ3) is 8.72. The number of aliphatic hydroxyl groups excluding tert-OH is 1. The Kier molecular flexibility index (Phi) is 13.8. The zero-order valence-corrected chi connectivity index (χ0v) is 19.5. The molecule has 166 valence electrons. The normalized spacial score (nSPS) is 12.2. The van der Waals surface area contributed by atoms with E-state index in [1.54, 1.807) is 31.9 Å². The van der Waals surface area contributed by atoms with E-state index in [-0.39, 0.29) is 51.9 Å². The fraction of sp³-hybridized carbons (Fsp3) is 0.409. The van der Waals surface area contributed by atoms with Gasteiger partial charge >= 0.3 is 5.97 Å². The highest BCUT2D eigenvalue weighted by Crippen LogP contribution is 2.26. The van der Waals surface area contributed by atoms with Crippen molar-refractivity contribution in [1.29, 1.82) is 0 Å². The number of hydrogen-bond donors (Lipinski definition) is 2. The molecule has 0 aliphatic rings. The molecule has 0 saturated carbocycles. The summed E-state index contributed by atoms with van der Waals surface area (Å²) in [5.41, 5.74) is 2.39. The van der Waals surface area contributed by atoms with E-state index in [1.165, 1.54) is 6.07 Å². The quantitative estimate of drug-likeness (QED) is 0.420. The molecular weight excluding hydrogens is 422 g/mol.